The fourth-order valence-corrected chi connectivity index (χ4v) is 6.44. The van der Waals surface area contributed by atoms with E-state index >= 15 is 0 Å². The van der Waals surface area contributed by atoms with Gasteiger partial charge in [0.05, 0.1) is 10.4 Å². The Kier molecular flexibility index (Phi) is 9.94. The largest absolute Gasteiger partial charge is 0.365 e. The Morgan fingerprint density at radius 2 is 1.41 bits per heavy atom. The zero-order chi connectivity index (χ0) is 28.4. The van der Waals surface area contributed by atoms with Crippen LogP contribution in [0.4, 0.5) is 0 Å². The number of hydrogen-bond acceptors (Lipinski definition) is 7. The number of Topliss-reactive ketones (excluding diaryl/α,β-unsaturated/α-hetero) is 1. The van der Waals surface area contributed by atoms with Gasteiger partial charge in [-0.3, -0.25) is 9.59 Å². The van der Waals surface area contributed by atoms with Crippen LogP contribution in [0.1, 0.15) is 80.9 Å². The molecule has 7 heteroatoms. The molecule has 1 saturated carbocycles. The summed E-state index contributed by atoms with van der Waals surface area (Å²) in [5.41, 5.74) is 1.82. The molecule has 1 fully saturated rings. The number of benzene rings is 3. The molecule has 0 saturated heterocycles. The summed E-state index contributed by atoms with van der Waals surface area (Å²) in [6.07, 6.45) is 7.38. The fourth-order valence-electron chi connectivity index (χ4n) is 4.94. The normalized spacial score (nSPS) is 14.0. The highest BCUT2D eigenvalue weighted by molar-refractivity contribution is 7.99. The van der Waals surface area contributed by atoms with E-state index in [-0.39, 0.29) is 17.3 Å². The maximum Gasteiger partial charge on any atom is 0.365 e. The van der Waals surface area contributed by atoms with Crippen LogP contribution in [0, 0.1) is 5.92 Å². The van der Waals surface area contributed by atoms with Gasteiger partial charge in [0.2, 0.25) is 11.6 Å². The van der Waals surface area contributed by atoms with Crippen molar-refractivity contribution in [2.75, 3.05) is 0 Å². The summed E-state index contributed by atoms with van der Waals surface area (Å²) < 4.78 is 0. The summed E-state index contributed by atoms with van der Waals surface area (Å²) in [4.78, 5) is 46.4. The number of oxime groups is 1. The van der Waals surface area contributed by atoms with Crippen molar-refractivity contribution < 1.29 is 19.2 Å². The van der Waals surface area contributed by atoms with Crippen LogP contribution in [-0.2, 0) is 4.84 Å². The minimum Gasteiger partial charge on any atom is -0.312 e. The summed E-state index contributed by atoms with van der Waals surface area (Å²) in [7, 11) is 0. The lowest BCUT2D eigenvalue weighted by molar-refractivity contribution is 0.0514. The van der Waals surface area contributed by atoms with Crippen molar-refractivity contribution in [2.24, 2.45) is 11.1 Å². The summed E-state index contributed by atoms with van der Waals surface area (Å²) in [6.45, 7) is 0. The van der Waals surface area contributed by atoms with Gasteiger partial charge in [0.25, 0.3) is 0 Å². The molecule has 41 heavy (non-hydrogen) atoms. The second kappa shape index (κ2) is 14.2. The van der Waals surface area contributed by atoms with Gasteiger partial charge in [-0.05, 0) is 90.9 Å². The van der Waals surface area contributed by atoms with Crippen molar-refractivity contribution in [1.29, 1.82) is 0 Å². The highest BCUT2D eigenvalue weighted by Gasteiger charge is 2.20. The van der Waals surface area contributed by atoms with E-state index in [2.05, 4.69) is 5.16 Å². The molecule has 0 aliphatic heterocycles. The quantitative estimate of drug-likeness (QED) is 0.0765. The molecule has 0 spiro atoms. The Morgan fingerprint density at radius 3 is 2.05 bits per heavy atom. The van der Waals surface area contributed by atoms with E-state index in [1.807, 2.05) is 60.0 Å². The van der Waals surface area contributed by atoms with Crippen molar-refractivity contribution in [2.45, 2.75) is 54.7 Å². The number of thiophene rings is 1. The summed E-state index contributed by atoms with van der Waals surface area (Å²) in [6, 6.07) is 27.3. The molecule has 1 heterocycles. The van der Waals surface area contributed by atoms with E-state index in [4.69, 9.17) is 4.84 Å². The summed E-state index contributed by atoms with van der Waals surface area (Å²) in [5, 5.41) is 5.97. The lowest BCUT2D eigenvalue weighted by atomic mass is 9.85. The second-order valence-electron chi connectivity index (χ2n) is 10.1. The average molecular weight is 582 g/mol. The van der Waals surface area contributed by atoms with E-state index in [9.17, 15) is 14.4 Å². The molecule has 208 valence electrons. The van der Waals surface area contributed by atoms with Crippen molar-refractivity contribution >= 4 is 46.3 Å². The Balaban J connectivity index is 1.25. The summed E-state index contributed by atoms with van der Waals surface area (Å²) in [5.74, 6) is -0.217. The molecular formula is C34H31NO4S2. The zero-order valence-corrected chi connectivity index (χ0v) is 24.3. The van der Waals surface area contributed by atoms with Crippen LogP contribution in [0.2, 0.25) is 0 Å². The molecule has 0 amide bonds. The first-order chi connectivity index (χ1) is 20.1. The first-order valence-corrected chi connectivity index (χ1v) is 15.6. The molecule has 0 bridgehead atoms. The van der Waals surface area contributed by atoms with Gasteiger partial charge in [0.15, 0.2) is 0 Å². The Hall–Kier alpha value is -3.81. The lowest BCUT2D eigenvalue weighted by Crippen LogP contribution is -2.18. The number of carbonyl (C=O) groups excluding carboxylic acids is 3. The smallest absolute Gasteiger partial charge is 0.312 e. The van der Waals surface area contributed by atoms with Gasteiger partial charge >= 0.3 is 5.97 Å². The number of carbonyl (C=O) groups is 3. The fraction of sp³-hybridized carbons (Fsp3) is 0.235. The average Bonchev–Trinajstić information content (AvgIpc) is 3.57. The molecule has 0 radical (unpaired) electrons. The van der Waals surface area contributed by atoms with Gasteiger partial charge in [0.1, 0.15) is 5.71 Å². The van der Waals surface area contributed by atoms with E-state index in [1.165, 1.54) is 43.4 Å². The van der Waals surface area contributed by atoms with Crippen molar-refractivity contribution in [3.8, 4) is 0 Å². The van der Waals surface area contributed by atoms with Crippen molar-refractivity contribution in [3.05, 3.63) is 118 Å². The van der Waals surface area contributed by atoms with Crippen molar-refractivity contribution in [3.63, 3.8) is 0 Å². The molecule has 5 rings (SSSR count). The van der Waals surface area contributed by atoms with E-state index < -0.39 is 5.97 Å². The van der Waals surface area contributed by atoms with Gasteiger partial charge < -0.3 is 4.84 Å². The molecule has 4 aromatic rings. The van der Waals surface area contributed by atoms with Gasteiger partial charge in [-0.1, -0.05) is 73.3 Å². The molecule has 3 aromatic carbocycles. The van der Waals surface area contributed by atoms with Crippen LogP contribution in [0.25, 0.3) is 0 Å². The van der Waals surface area contributed by atoms with Crippen molar-refractivity contribution in [1.82, 2.24) is 0 Å². The van der Waals surface area contributed by atoms with Crippen LogP contribution in [-0.4, -0.2) is 23.2 Å². The predicted octanol–water partition coefficient (Wildman–Crippen LogP) is 8.89. The third-order valence-corrected chi connectivity index (χ3v) is 9.12. The third kappa shape index (κ3) is 7.90. The third-order valence-electron chi connectivity index (χ3n) is 7.24. The molecule has 0 N–H and O–H groups in total. The predicted molar refractivity (Wildman–Crippen MR) is 164 cm³/mol. The molecule has 0 atom stereocenters. The standard InChI is InChI=1S/C34H31NO4S2/c36-32(30(22-13-24-8-3-1-4-9-24)35-39-34(38)27-10-5-2-6-11-27)25-14-18-28(19-15-25)41-29-20-16-26(17-21-29)33(37)31-12-7-23-40-31/h2,5-7,10-12,14-21,23-24H,1,3-4,8-9,13,22H2/b35-30+. The molecule has 1 aromatic heterocycles. The van der Waals surface area contributed by atoms with Crippen LogP contribution < -0.4 is 0 Å². The molecule has 5 nitrogen and oxygen atoms in total. The van der Waals surface area contributed by atoms with Gasteiger partial charge in [-0.15, -0.1) is 11.3 Å². The number of rotatable bonds is 11. The molecular weight excluding hydrogens is 551 g/mol. The number of ketones is 2. The minimum absolute atomic E-state index is 0.0230. The van der Waals surface area contributed by atoms with Gasteiger partial charge in [-0.25, -0.2) is 4.79 Å². The maximum absolute atomic E-state index is 13.5. The zero-order valence-electron chi connectivity index (χ0n) is 22.7. The SMILES string of the molecule is O=C(O/N=C(\CCC1CCCCC1)C(=O)c1ccc(Sc2ccc(C(=O)c3cccs3)cc2)cc1)c1ccccc1. The monoisotopic (exact) mass is 581 g/mol. The van der Waals surface area contributed by atoms with E-state index in [0.29, 0.717) is 29.0 Å². The van der Waals surface area contributed by atoms with Crippen LogP contribution in [0.15, 0.2) is 111 Å². The highest BCUT2D eigenvalue weighted by Crippen LogP contribution is 2.30. The number of hydrogen-bond donors (Lipinski definition) is 0. The second-order valence-corrected chi connectivity index (χ2v) is 12.2. The van der Waals surface area contributed by atoms with Crippen LogP contribution >= 0.6 is 23.1 Å². The number of nitrogens with zero attached hydrogens (tertiary/aromatic N) is 1. The Labute approximate surface area is 248 Å². The lowest BCUT2D eigenvalue weighted by Gasteiger charge is -2.21. The van der Waals surface area contributed by atoms with E-state index in [0.717, 1.165) is 21.1 Å². The topological polar surface area (TPSA) is 72.8 Å². The van der Waals surface area contributed by atoms with Crippen LogP contribution in [0.5, 0.6) is 0 Å². The molecule has 1 aliphatic carbocycles. The maximum atomic E-state index is 13.5. The molecule has 0 unspecified atom stereocenters. The first kappa shape index (κ1) is 28.7. The Morgan fingerprint density at radius 1 is 0.756 bits per heavy atom. The van der Waals surface area contributed by atoms with Crippen LogP contribution in [0.3, 0.4) is 0 Å². The first-order valence-electron chi connectivity index (χ1n) is 13.9. The minimum atomic E-state index is -0.580. The Bertz CT molecular complexity index is 1490. The highest BCUT2D eigenvalue weighted by atomic mass is 32.2. The van der Waals surface area contributed by atoms with E-state index in [1.54, 1.807) is 48.2 Å². The van der Waals surface area contributed by atoms with Gasteiger partial charge in [-0.2, -0.15) is 0 Å². The summed E-state index contributed by atoms with van der Waals surface area (Å²) >= 11 is 2.99. The van der Waals surface area contributed by atoms with Gasteiger partial charge in [0, 0.05) is 20.9 Å². The molecule has 1 aliphatic rings.